The Labute approximate surface area is 104 Å². The molecule has 5 nitrogen and oxygen atoms in total. The minimum absolute atomic E-state index is 0.0580. The number of sulfone groups is 1. The number of carbonyl (C=O) groups excluding carboxylic acids is 1. The summed E-state index contributed by atoms with van der Waals surface area (Å²) in [7, 11) is -3.16. The van der Waals surface area contributed by atoms with Crippen molar-refractivity contribution in [2.75, 3.05) is 24.3 Å². The van der Waals surface area contributed by atoms with E-state index in [9.17, 15) is 13.2 Å². The first-order valence-corrected chi connectivity index (χ1v) is 7.14. The fourth-order valence-electron chi connectivity index (χ4n) is 1.11. The monoisotopic (exact) mass is 277 g/mol. The number of hydrogen-bond donors (Lipinski definition) is 1. The lowest BCUT2D eigenvalue weighted by Crippen LogP contribution is -2.15. The maximum atomic E-state index is 11.6. The number of nitrogens with two attached hydrogens (primary N) is 1. The van der Waals surface area contributed by atoms with E-state index in [1.165, 1.54) is 12.1 Å². The van der Waals surface area contributed by atoms with Crippen molar-refractivity contribution in [1.29, 1.82) is 0 Å². The molecule has 0 spiro atoms. The van der Waals surface area contributed by atoms with Gasteiger partial charge in [0.1, 0.15) is 12.2 Å². The first kappa shape index (κ1) is 13.8. The van der Waals surface area contributed by atoms with Gasteiger partial charge in [-0.1, -0.05) is 17.7 Å². The summed E-state index contributed by atoms with van der Waals surface area (Å²) in [6, 6.07) is 4.62. The number of esters is 1. The predicted molar refractivity (Wildman–Crippen MR) is 65.9 cm³/mol. The molecule has 1 rings (SSSR count). The van der Waals surface area contributed by atoms with Crippen LogP contribution in [0.15, 0.2) is 18.2 Å². The van der Waals surface area contributed by atoms with Gasteiger partial charge in [-0.2, -0.15) is 0 Å². The summed E-state index contributed by atoms with van der Waals surface area (Å²) < 4.78 is 26.5. The molecule has 1 aromatic carbocycles. The number of nitrogen functional groups attached to an aromatic ring is 1. The molecule has 0 bridgehead atoms. The fraction of sp³-hybridized carbons (Fsp3) is 0.300. The molecule has 0 radical (unpaired) electrons. The smallest absolute Gasteiger partial charge is 0.341 e. The third kappa shape index (κ3) is 4.24. The average molecular weight is 278 g/mol. The zero-order chi connectivity index (χ0) is 13.1. The van der Waals surface area contributed by atoms with Crippen molar-refractivity contribution in [3.8, 4) is 0 Å². The highest BCUT2D eigenvalue weighted by atomic mass is 35.5. The molecule has 0 atom stereocenters. The van der Waals surface area contributed by atoms with Gasteiger partial charge in [0.25, 0.3) is 0 Å². The van der Waals surface area contributed by atoms with Crippen molar-refractivity contribution in [3.63, 3.8) is 0 Å². The lowest BCUT2D eigenvalue weighted by atomic mass is 10.2. The number of hydrogen-bond acceptors (Lipinski definition) is 5. The van der Waals surface area contributed by atoms with Crippen LogP contribution in [0.4, 0.5) is 5.69 Å². The summed E-state index contributed by atoms with van der Waals surface area (Å²) >= 11 is 5.79. The van der Waals surface area contributed by atoms with Crippen LogP contribution in [0.5, 0.6) is 0 Å². The van der Waals surface area contributed by atoms with E-state index in [1.807, 2.05) is 0 Å². The molecule has 0 amide bonds. The van der Waals surface area contributed by atoms with Crippen molar-refractivity contribution < 1.29 is 17.9 Å². The van der Waals surface area contributed by atoms with Gasteiger partial charge in [0.15, 0.2) is 9.84 Å². The Morgan fingerprint density at radius 1 is 1.47 bits per heavy atom. The van der Waals surface area contributed by atoms with Crippen molar-refractivity contribution >= 4 is 33.1 Å². The summed E-state index contributed by atoms with van der Waals surface area (Å²) in [4.78, 5) is 11.6. The third-order valence-electron chi connectivity index (χ3n) is 1.94. The summed E-state index contributed by atoms with van der Waals surface area (Å²) in [6.45, 7) is -0.220. The molecule has 0 fully saturated rings. The van der Waals surface area contributed by atoms with E-state index in [0.29, 0.717) is 0 Å². The summed E-state index contributed by atoms with van der Waals surface area (Å²) in [5.41, 5.74) is 5.83. The number of halogens is 1. The zero-order valence-electron chi connectivity index (χ0n) is 9.14. The molecule has 0 heterocycles. The Morgan fingerprint density at radius 2 is 2.12 bits per heavy atom. The third-order valence-corrected chi connectivity index (χ3v) is 3.16. The van der Waals surface area contributed by atoms with E-state index in [2.05, 4.69) is 0 Å². The Kier molecular flexibility index (Phi) is 4.36. The van der Waals surface area contributed by atoms with Crippen LogP contribution in [0.1, 0.15) is 10.4 Å². The van der Waals surface area contributed by atoms with Crippen molar-refractivity contribution in [2.45, 2.75) is 0 Å². The topological polar surface area (TPSA) is 86.5 Å². The number of anilines is 1. The summed E-state index contributed by atoms with van der Waals surface area (Å²) in [5.74, 6) is -0.958. The van der Waals surface area contributed by atoms with E-state index in [1.54, 1.807) is 6.07 Å². The van der Waals surface area contributed by atoms with E-state index >= 15 is 0 Å². The first-order chi connectivity index (χ1) is 7.81. The molecule has 7 heteroatoms. The standard InChI is InChI=1S/C10H12ClNO4S/c1-17(14,15)6-5-16-10(13)9-7(11)3-2-4-8(9)12/h2-4H,5-6,12H2,1H3. The first-order valence-electron chi connectivity index (χ1n) is 4.70. The van der Waals surface area contributed by atoms with Gasteiger partial charge in [-0.15, -0.1) is 0 Å². The summed E-state index contributed by atoms with van der Waals surface area (Å²) in [6.07, 6.45) is 1.06. The van der Waals surface area contributed by atoms with Crippen molar-refractivity contribution in [3.05, 3.63) is 28.8 Å². The molecular formula is C10H12ClNO4S. The quantitative estimate of drug-likeness (QED) is 0.658. The molecular weight excluding hydrogens is 266 g/mol. The van der Waals surface area contributed by atoms with Crippen LogP contribution in [0.2, 0.25) is 5.02 Å². The van der Waals surface area contributed by atoms with Crippen LogP contribution in [0.25, 0.3) is 0 Å². The predicted octanol–water partition coefficient (Wildman–Crippen LogP) is 1.12. The highest BCUT2D eigenvalue weighted by Gasteiger charge is 2.15. The molecule has 0 saturated carbocycles. The van der Waals surface area contributed by atoms with Gasteiger partial charge in [-0.05, 0) is 12.1 Å². The average Bonchev–Trinajstić information content (AvgIpc) is 2.15. The van der Waals surface area contributed by atoms with Gasteiger partial charge in [0, 0.05) is 11.9 Å². The Bertz CT molecular complexity index is 507. The molecule has 0 unspecified atom stereocenters. The molecule has 94 valence electrons. The number of carbonyl (C=O) groups is 1. The zero-order valence-corrected chi connectivity index (χ0v) is 10.7. The maximum Gasteiger partial charge on any atom is 0.341 e. The van der Waals surface area contributed by atoms with Gasteiger partial charge in [-0.25, -0.2) is 13.2 Å². The van der Waals surface area contributed by atoms with Gasteiger partial charge in [-0.3, -0.25) is 0 Å². The Hall–Kier alpha value is -1.27. The minimum atomic E-state index is -3.16. The van der Waals surface area contributed by atoms with Crippen LogP contribution >= 0.6 is 11.6 Å². The Morgan fingerprint density at radius 3 is 2.65 bits per heavy atom. The molecule has 0 aromatic heterocycles. The lowest BCUT2D eigenvalue weighted by molar-refractivity contribution is 0.0531. The number of ether oxygens (including phenoxy) is 1. The fourth-order valence-corrected chi connectivity index (χ4v) is 1.76. The minimum Gasteiger partial charge on any atom is -0.461 e. The molecule has 1 aromatic rings. The number of rotatable bonds is 4. The van der Waals surface area contributed by atoms with Crippen LogP contribution in [0.3, 0.4) is 0 Å². The van der Waals surface area contributed by atoms with Crippen LogP contribution in [-0.2, 0) is 14.6 Å². The lowest BCUT2D eigenvalue weighted by Gasteiger charge is -2.07. The largest absolute Gasteiger partial charge is 0.461 e. The number of benzene rings is 1. The van der Waals surface area contributed by atoms with E-state index < -0.39 is 15.8 Å². The van der Waals surface area contributed by atoms with Crippen molar-refractivity contribution in [2.24, 2.45) is 0 Å². The van der Waals surface area contributed by atoms with E-state index in [-0.39, 0.29) is 28.6 Å². The van der Waals surface area contributed by atoms with Gasteiger partial charge in [0.2, 0.25) is 0 Å². The molecule has 0 aliphatic heterocycles. The van der Waals surface area contributed by atoms with Crippen molar-refractivity contribution in [1.82, 2.24) is 0 Å². The molecule has 17 heavy (non-hydrogen) atoms. The Balaban J connectivity index is 2.71. The van der Waals surface area contributed by atoms with Crippen LogP contribution < -0.4 is 5.73 Å². The van der Waals surface area contributed by atoms with Gasteiger partial charge in [0.05, 0.1) is 10.8 Å². The van der Waals surface area contributed by atoms with Gasteiger partial charge >= 0.3 is 5.97 Å². The van der Waals surface area contributed by atoms with E-state index in [4.69, 9.17) is 22.1 Å². The summed E-state index contributed by atoms with van der Waals surface area (Å²) in [5, 5.41) is 0.175. The molecule has 2 N–H and O–H groups in total. The highest BCUT2D eigenvalue weighted by molar-refractivity contribution is 7.90. The second kappa shape index (κ2) is 5.37. The SMILES string of the molecule is CS(=O)(=O)CCOC(=O)c1c(N)cccc1Cl. The second-order valence-corrected chi connectivity index (χ2v) is 6.14. The second-order valence-electron chi connectivity index (χ2n) is 3.47. The van der Waals surface area contributed by atoms with E-state index in [0.717, 1.165) is 6.26 Å². The van der Waals surface area contributed by atoms with Crippen LogP contribution in [0, 0.1) is 0 Å². The van der Waals surface area contributed by atoms with Crippen LogP contribution in [-0.4, -0.2) is 33.0 Å². The normalized spacial score (nSPS) is 11.2. The molecule has 0 saturated heterocycles. The highest BCUT2D eigenvalue weighted by Crippen LogP contribution is 2.22. The molecule has 0 aliphatic rings. The molecule has 0 aliphatic carbocycles. The van der Waals surface area contributed by atoms with Gasteiger partial charge < -0.3 is 10.5 Å². The maximum absolute atomic E-state index is 11.6.